The van der Waals surface area contributed by atoms with E-state index in [9.17, 15) is 4.79 Å². The van der Waals surface area contributed by atoms with E-state index in [0.717, 1.165) is 49.8 Å². The van der Waals surface area contributed by atoms with E-state index in [-0.39, 0.29) is 11.8 Å². The molecule has 1 fully saturated rings. The van der Waals surface area contributed by atoms with E-state index in [0.29, 0.717) is 6.42 Å². The number of amides is 1. The lowest BCUT2D eigenvalue weighted by atomic mass is 9.92. The third-order valence-electron chi connectivity index (χ3n) is 5.81. The van der Waals surface area contributed by atoms with Crippen LogP contribution >= 0.6 is 0 Å². The lowest BCUT2D eigenvalue weighted by molar-refractivity contribution is -0.131. The zero-order valence-corrected chi connectivity index (χ0v) is 17.4. The van der Waals surface area contributed by atoms with Gasteiger partial charge in [0.1, 0.15) is 5.82 Å². The fourth-order valence-corrected chi connectivity index (χ4v) is 4.00. The summed E-state index contributed by atoms with van der Waals surface area (Å²) >= 11 is 0. The maximum absolute atomic E-state index is 12.9. The Morgan fingerprint density at radius 1 is 0.933 bits per heavy atom. The molecule has 0 N–H and O–H groups in total. The standard InChI is InChI=1S/C25H28N4O/c1-2-20(21-9-5-3-6-10-21)19-24(30)29-17-15-28(16-18-29)23-13-14-26-25(27-23)22-11-7-4-8-12-22/h3-14,20H,2,15-19H2,1H3. The van der Waals surface area contributed by atoms with Crippen molar-refractivity contribution in [2.75, 3.05) is 31.1 Å². The Balaban J connectivity index is 1.36. The van der Waals surface area contributed by atoms with E-state index in [1.165, 1.54) is 5.56 Å². The molecular weight excluding hydrogens is 372 g/mol. The van der Waals surface area contributed by atoms with Crippen LogP contribution in [0.1, 0.15) is 31.2 Å². The molecule has 1 unspecified atom stereocenters. The van der Waals surface area contributed by atoms with Crippen molar-refractivity contribution in [3.05, 3.63) is 78.5 Å². The summed E-state index contributed by atoms with van der Waals surface area (Å²) in [5.41, 5.74) is 2.26. The van der Waals surface area contributed by atoms with E-state index >= 15 is 0 Å². The van der Waals surface area contributed by atoms with Crippen LogP contribution in [0.4, 0.5) is 5.82 Å². The van der Waals surface area contributed by atoms with Crippen LogP contribution in [0.25, 0.3) is 11.4 Å². The number of rotatable bonds is 6. The van der Waals surface area contributed by atoms with E-state index in [4.69, 9.17) is 4.98 Å². The van der Waals surface area contributed by atoms with Gasteiger partial charge in [-0.05, 0) is 24.0 Å². The molecule has 1 aliphatic heterocycles. The summed E-state index contributed by atoms with van der Waals surface area (Å²) in [6.45, 7) is 5.20. The minimum absolute atomic E-state index is 0.248. The molecule has 1 atom stereocenters. The van der Waals surface area contributed by atoms with Gasteiger partial charge in [0.15, 0.2) is 5.82 Å². The lowest BCUT2D eigenvalue weighted by Gasteiger charge is -2.36. The number of anilines is 1. The van der Waals surface area contributed by atoms with Crippen molar-refractivity contribution in [3.8, 4) is 11.4 Å². The number of carbonyl (C=O) groups is 1. The van der Waals surface area contributed by atoms with E-state index in [2.05, 4.69) is 28.9 Å². The molecule has 0 radical (unpaired) electrons. The number of aromatic nitrogens is 2. The number of piperazine rings is 1. The molecule has 1 saturated heterocycles. The molecule has 1 amide bonds. The van der Waals surface area contributed by atoms with Gasteiger partial charge in [-0.25, -0.2) is 9.97 Å². The molecule has 0 bridgehead atoms. The van der Waals surface area contributed by atoms with Crippen molar-refractivity contribution in [2.24, 2.45) is 0 Å². The Morgan fingerprint density at radius 2 is 1.60 bits per heavy atom. The average molecular weight is 401 g/mol. The van der Waals surface area contributed by atoms with Gasteiger partial charge >= 0.3 is 0 Å². The van der Waals surface area contributed by atoms with Gasteiger partial charge in [-0.15, -0.1) is 0 Å². The predicted octanol–water partition coefficient (Wildman–Crippen LogP) is 4.38. The topological polar surface area (TPSA) is 49.3 Å². The first kappa shape index (κ1) is 20.1. The first-order valence-electron chi connectivity index (χ1n) is 10.7. The van der Waals surface area contributed by atoms with Crippen LogP contribution in [0.15, 0.2) is 72.9 Å². The Labute approximate surface area is 178 Å². The van der Waals surface area contributed by atoms with Gasteiger partial charge in [0, 0.05) is 44.4 Å². The molecule has 2 aromatic carbocycles. The summed E-state index contributed by atoms with van der Waals surface area (Å²) in [5, 5.41) is 0. The van der Waals surface area contributed by atoms with Gasteiger partial charge < -0.3 is 9.80 Å². The number of carbonyl (C=O) groups excluding carboxylic acids is 1. The maximum Gasteiger partial charge on any atom is 0.223 e. The van der Waals surface area contributed by atoms with Crippen molar-refractivity contribution >= 4 is 11.7 Å². The summed E-state index contributed by atoms with van der Waals surface area (Å²) < 4.78 is 0. The summed E-state index contributed by atoms with van der Waals surface area (Å²) in [4.78, 5) is 26.3. The van der Waals surface area contributed by atoms with Gasteiger partial charge in [-0.3, -0.25) is 4.79 Å². The third-order valence-corrected chi connectivity index (χ3v) is 5.81. The minimum Gasteiger partial charge on any atom is -0.353 e. The number of benzene rings is 2. The summed E-state index contributed by atoms with van der Waals surface area (Å²) in [6, 6.07) is 22.3. The maximum atomic E-state index is 12.9. The Morgan fingerprint density at radius 3 is 2.27 bits per heavy atom. The number of nitrogens with zero attached hydrogens (tertiary/aromatic N) is 4. The molecular formula is C25H28N4O. The number of hydrogen-bond acceptors (Lipinski definition) is 4. The van der Waals surface area contributed by atoms with Gasteiger partial charge in [0.25, 0.3) is 0 Å². The predicted molar refractivity (Wildman–Crippen MR) is 120 cm³/mol. The van der Waals surface area contributed by atoms with E-state index < -0.39 is 0 Å². The van der Waals surface area contributed by atoms with Crippen LogP contribution in [0, 0.1) is 0 Å². The Hall–Kier alpha value is -3.21. The molecule has 2 heterocycles. The fourth-order valence-electron chi connectivity index (χ4n) is 4.00. The zero-order valence-electron chi connectivity index (χ0n) is 17.4. The molecule has 3 aromatic rings. The molecule has 154 valence electrons. The second-order valence-electron chi connectivity index (χ2n) is 7.69. The SMILES string of the molecule is CCC(CC(=O)N1CCN(c2ccnc(-c3ccccc3)n2)CC1)c1ccccc1. The van der Waals surface area contributed by atoms with Crippen LogP contribution in [0.5, 0.6) is 0 Å². The lowest BCUT2D eigenvalue weighted by Crippen LogP contribution is -2.49. The molecule has 0 aliphatic carbocycles. The molecule has 5 heteroatoms. The van der Waals surface area contributed by atoms with Crippen molar-refractivity contribution in [2.45, 2.75) is 25.7 Å². The van der Waals surface area contributed by atoms with Crippen molar-refractivity contribution in [3.63, 3.8) is 0 Å². The monoisotopic (exact) mass is 400 g/mol. The van der Waals surface area contributed by atoms with E-state index in [1.54, 1.807) is 0 Å². The first-order chi connectivity index (χ1) is 14.7. The van der Waals surface area contributed by atoms with Crippen molar-refractivity contribution in [1.82, 2.24) is 14.9 Å². The molecule has 30 heavy (non-hydrogen) atoms. The van der Waals surface area contributed by atoms with Crippen molar-refractivity contribution in [1.29, 1.82) is 0 Å². The summed E-state index contributed by atoms with van der Waals surface area (Å²) in [7, 11) is 0. The van der Waals surface area contributed by atoms with Crippen LogP contribution in [0.2, 0.25) is 0 Å². The molecule has 1 aromatic heterocycles. The fraction of sp³-hybridized carbons (Fsp3) is 0.320. The van der Waals surface area contributed by atoms with Crippen LogP contribution < -0.4 is 4.90 Å². The molecule has 4 rings (SSSR count). The minimum atomic E-state index is 0.248. The highest BCUT2D eigenvalue weighted by Gasteiger charge is 2.24. The highest BCUT2D eigenvalue weighted by molar-refractivity contribution is 5.77. The molecule has 0 saturated carbocycles. The first-order valence-corrected chi connectivity index (χ1v) is 10.7. The third kappa shape index (κ3) is 4.67. The van der Waals surface area contributed by atoms with E-state index in [1.807, 2.05) is 65.7 Å². The van der Waals surface area contributed by atoms with Gasteiger partial charge in [0.05, 0.1) is 0 Å². The second-order valence-corrected chi connectivity index (χ2v) is 7.69. The van der Waals surface area contributed by atoms with Crippen LogP contribution in [0.3, 0.4) is 0 Å². The normalized spacial score (nSPS) is 15.1. The average Bonchev–Trinajstić information content (AvgIpc) is 2.83. The zero-order chi connectivity index (χ0) is 20.8. The van der Waals surface area contributed by atoms with Gasteiger partial charge in [0.2, 0.25) is 5.91 Å². The quantitative estimate of drug-likeness (QED) is 0.616. The Kier molecular flexibility index (Phi) is 6.38. The number of hydrogen-bond donors (Lipinski definition) is 0. The smallest absolute Gasteiger partial charge is 0.223 e. The molecule has 1 aliphatic rings. The van der Waals surface area contributed by atoms with Crippen LogP contribution in [-0.4, -0.2) is 47.0 Å². The highest BCUT2D eigenvalue weighted by Crippen LogP contribution is 2.25. The molecule has 0 spiro atoms. The van der Waals surface area contributed by atoms with Gasteiger partial charge in [-0.1, -0.05) is 67.6 Å². The van der Waals surface area contributed by atoms with Gasteiger partial charge in [-0.2, -0.15) is 0 Å². The summed E-state index contributed by atoms with van der Waals surface area (Å²) in [5.74, 6) is 2.19. The Bertz CT molecular complexity index is 953. The van der Waals surface area contributed by atoms with Crippen LogP contribution in [-0.2, 0) is 4.79 Å². The van der Waals surface area contributed by atoms with Crippen molar-refractivity contribution < 1.29 is 4.79 Å². The summed E-state index contributed by atoms with van der Waals surface area (Å²) in [6.07, 6.45) is 3.36. The highest BCUT2D eigenvalue weighted by atomic mass is 16.2. The largest absolute Gasteiger partial charge is 0.353 e. The molecule has 5 nitrogen and oxygen atoms in total. The second kappa shape index (κ2) is 9.53.